The molecule has 1 aromatic carbocycles. The minimum atomic E-state index is -0.615. The van der Waals surface area contributed by atoms with Crippen LogP contribution in [-0.2, 0) is 11.2 Å². The Morgan fingerprint density at radius 2 is 2.25 bits per heavy atom. The second kappa shape index (κ2) is 5.40. The van der Waals surface area contributed by atoms with Gasteiger partial charge in [0.05, 0.1) is 0 Å². The second-order valence-corrected chi connectivity index (χ2v) is 5.51. The van der Waals surface area contributed by atoms with Crippen molar-refractivity contribution in [2.24, 2.45) is 16.3 Å². The van der Waals surface area contributed by atoms with Crippen LogP contribution in [0.3, 0.4) is 0 Å². The lowest BCUT2D eigenvalue weighted by atomic mass is 9.92. The summed E-state index contributed by atoms with van der Waals surface area (Å²) in [5, 5.41) is 14.5. The molecule has 0 bridgehead atoms. The summed E-state index contributed by atoms with van der Waals surface area (Å²) in [5.41, 5.74) is 5.99. The molecule has 0 aliphatic carbocycles. The van der Waals surface area contributed by atoms with E-state index in [1.54, 1.807) is 13.8 Å². The highest BCUT2D eigenvalue weighted by molar-refractivity contribution is 5.87. The van der Waals surface area contributed by atoms with Gasteiger partial charge in [-0.3, -0.25) is 4.79 Å². The fourth-order valence-electron chi connectivity index (χ4n) is 1.98. The number of ether oxygens (including phenoxy) is 1. The maximum Gasteiger partial charge on any atom is 0.261 e. The molecule has 0 saturated heterocycles. The van der Waals surface area contributed by atoms with E-state index in [9.17, 15) is 4.79 Å². The van der Waals surface area contributed by atoms with Crippen LogP contribution in [0.4, 0.5) is 0 Å². The van der Waals surface area contributed by atoms with Crippen molar-refractivity contribution < 1.29 is 14.7 Å². The van der Waals surface area contributed by atoms with Crippen molar-refractivity contribution in [3.63, 3.8) is 0 Å². The summed E-state index contributed by atoms with van der Waals surface area (Å²) in [7, 11) is 0. The fraction of sp³-hybridized carbons (Fsp3) is 0.429. The molecule has 6 heteroatoms. The number of carbonyl (C=O) groups is 1. The van der Waals surface area contributed by atoms with Crippen LogP contribution in [0.1, 0.15) is 19.4 Å². The van der Waals surface area contributed by atoms with Crippen molar-refractivity contribution in [1.29, 1.82) is 0 Å². The summed E-state index contributed by atoms with van der Waals surface area (Å²) in [5.74, 6) is 0.636. The van der Waals surface area contributed by atoms with Gasteiger partial charge >= 0.3 is 0 Å². The van der Waals surface area contributed by atoms with Crippen molar-refractivity contribution >= 4 is 11.7 Å². The highest BCUT2D eigenvalue weighted by Crippen LogP contribution is 2.28. The summed E-state index contributed by atoms with van der Waals surface area (Å²) in [4.78, 5) is 12.1. The van der Waals surface area contributed by atoms with Crippen LogP contribution < -0.4 is 15.8 Å². The maximum atomic E-state index is 12.1. The zero-order valence-corrected chi connectivity index (χ0v) is 11.6. The molecule has 0 saturated carbocycles. The average molecular weight is 277 g/mol. The lowest BCUT2D eigenvalue weighted by Gasteiger charge is -2.23. The van der Waals surface area contributed by atoms with Crippen LogP contribution in [-0.4, -0.2) is 29.6 Å². The zero-order valence-electron chi connectivity index (χ0n) is 11.6. The van der Waals surface area contributed by atoms with Gasteiger partial charge in [0.1, 0.15) is 11.6 Å². The van der Waals surface area contributed by atoms with Crippen molar-refractivity contribution in [2.75, 3.05) is 6.54 Å². The largest absolute Gasteiger partial charge is 0.480 e. The molecule has 1 amide bonds. The van der Waals surface area contributed by atoms with E-state index in [4.69, 9.17) is 15.7 Å². The minimum Gasteiger partial charge on any atom is -0.480 e. The van der Waals surface area contributed by atoms with Gasteiger partial charge in [0.2, 0.25) is 0 Å². The zero-order chi connectivity index (χ0) is 14.8. The first kappa shape index (κ1) is 14.2. The molecule has 1 aliphatic rings. The fourth-order valence-corrected chi connectivity index (χ4v) is 1.98. The maximum absolute atomic E-state index is 12.1. The summed E-state index contributed by atoms with van der Waals surface area (Å²) in [6.07, 6.45) is 0.0434. The molecular formula is C14H19N3O3. The summed E-state index contributed by atoms with van der Waals surface area (Å²) in [6, 6.07) is 7.59. The Morgan fingerprint density at radius 1 is 1.55 bits per heavy atom. The van der Waals surface area contributed by atoms with Gasteiger partial charge in [0.25, 0.3) is 5.91 Å². The third kappa shape index (κ3) is 2.84. The standard InChI is InChI=1S/C14H19N3O3/c1-14(2,13(15)17-19)8-16-12(18)11-7-9-5-3-4-6-10(9)20-11/h3-6,11,19H,7-8H2,1-2H3,(H2,15,17)(H,16,18). The number of para-hydroxylation sites is 1. The number of benzene rings is 1. The molecule has 0 aromatic heterocycles. The van der Waals surface area contributed by atoms with Crippen LogP contribution in [0.25, 0.3) is 0 Å². The molecule has 1 atom stereocenters. The number of carbonyl (C=O) groups excluding carboxylic acids is 1. The number of hydrogen-bond acceptors (Lipinski definition) is 4. The molecule has 2 rings (SSSR count). The molecule has 0 spiro atoms. The quantitative estimate of drug-likeness (QED) is 0.329. The second-order valence-electron chi connectivity index (χ2n) is 5.51. The Labute approximate surface area is 117 Å². The number of nitrogens with zero attached hydrogens (tertiary/aromatic N) is 1. The molecule has 4 N–H and O–H groups in total. The molecule has 20 heavy (non-hydrogen) atoms. The molecule has 108 valence electrons. The Balaban J connectivity index is 1.92. The van der Waals surface area contributed by atoms with Crippen LogP contribution in [0.5, 0.6) is 5.75 Å². The first-order valence-electron chi connectivity index (χ1n) is 6.44. The van der Waals surface area contributed by atoms with E-state index in [-0.39, 0.29) is 18.3 Å². The number of amidine groups is 1. The molecular weight excluding hydrogens is 258 g/mol. The van der Waals surface area contributed by atoms with Crippen LogP contribution in [0, 0.1) is 5.41 Å². The highest BCUT2D eigenvalue weighted by atomic mass is 16.5. The summed E-state index contributed by atoms with van der Waals surface area (Å²) < 4.78 is 5.60. The predicted octanol–water partition coefficient (Wildman–Crippen LogP) is 0.879. The van der Waals surface area contributed by atoms with E-state index in [1.165, 1.54) is 0 Å². The number of hydrogen-bond donors (Lipinski definition) is 3. The number of rotatable bonds is 4. The number of nitrogens with two attached hydrogens (primary N) is 1. The van der Waals surface area contributed by atoms with E-state index in [0.29, 0.717) is 6.42 Å². The van der Waals surface area contributed by atoms with Crippen LogP contribution in [0.2, 0.25) is 0 Å². The SMILES string of the molecule is CC(C)(CNC(=O)C1Cc2ccccc2O1)/C(N)=N/O. The molecule has 1 aliphatic heterocycles. The van der Waals surface area contributed by atoms with Gasteiger partial charge in [-0.15, -0.1) is 0 Å². The molecule has 0 fully saturated rings. The minimum absolute atomic E-state index is 0.0772. The van der Waals surface area contributed by atoms with Crippen LogP contribution >= 0.6 is 0 Å². The highest BCUT2D eigenvalue weighted by Gasteiger charge is 2.31. The Hall–Kier alpha value is -2.24. The topological polar surface area (TPSA) is 96.9 Å². The lowest BCUT2D eigenvalue weighted by molar-refractivity contribution is -0.127. The number of nitrogens with one attached hydrogen (secondary N) is 1. The van der Waals surface area contributed by atoms with Crippen molar-refractivity contribution in [1.82, 2.24) is 5.32 Å². The van der Waals surface area contributed by atoms with Crippen molar-refractivity contribution in [3.8, 4) is 5.75 Å². The first-order chi connectivity index (χ1) is 9.44. The Morgan fingerprint density at radius 3 is 2.90 bits per heavy atom. The van der Waals surface area contributed by atoms with E-state index in [0.717, 1.165) is 11.3 Å². The molecule has 1 heterocycles. The van der Waals surface area contributed by atoms with Gasteiger partial charge in [-0.2, -0.15) is 0 Å². The van der Waals surface area contributed by atoms with Gasteiger partial charge in [-0.1, -0.05) is 37.2 Å². The van der Waals surface area contributed by atoms with Crippen molar-refractivity contribution in [2.45, 2.75) is 26.4 Å². The van der Waals surface area contributed by atoms with Gasteiger partial charge in [-0.25, -0.2) is 0 Å². The van der Waals surface area contributed by atoms with Gasteiger partial charge in [-0.05, 0) is 11.6 Å². The molecule has 1 unspecified atom stereocenters. The molecule has 1 aromatic rings. The normalized spacial score (nSPS) is 18.3. The third-order valence-corrected chi connectivity index (χ3v) is 3.45. The van der Waals surface area contributed by atoms with Crippen molar-refractivity contribution in [3.05, 3.63) is 29.8 Å². The monoisotopic (exact) mass is 277 g/mol. The summed E-state index contributed by atoms with van der Waals surface area (Å²) >= 11 is 0. The van der Waals surface area contributed by atoms with E-state index in [2.05, 4.69) is 10.5 Å². The number of fused-ring (bicyclic) bond motifs is 1. The Bertz CT molecular complexity index is 515. The van der Waals surface area contributed by atoms with Gasteiger partial charge < -0.3 is 21.0 Å². The predicted molar refractivity (Wildman–Crippen MR) is 74.8 cm³/mol. The smallest absolute Gasteiger partial charge is 0.261 e. The van der Waals surface area contributed by atoms with Gasteiger partial charge in [0.15, 0.2) is 6.10 Å². The molecule has 0 radical (unpaired) electrons. The lowest BCUT2D eigenvalue weighted by Crippen LogP contribution is -2.46. The van der Waals surface area contributed by atoms with Gasteiger partial charge in [0, 0.05) is 18.4 Å². The Kier molecular flexibility index (Phi) is 3.83. The first-order valence-corrected chi connectivity index (χ1v) is 6.44. The molecule has 6 nitrogen and oxygen atoms in total. The van der Waals surface area contributed by atoms with Crippen LogP contribution in [0.15, 0.2) is 29.4 Å². The van der Waals surface area contributed by atoms with E-state index in [1.807, 2.05) is 24.3 Å². The third-order valence-electron chi connectivity index (χ3n) is 3.45. The number of oxime groups is 1. The summed E-state index contributed by atoms with van der Waals surface area (Å²) in [6.45, 7) is 3.84. The average Bonchev–Trinajstić information content (AvgIpc) is 2.87. The number of amides is 1. The van der Waals surface area contributed by atoms with E-state index >= 15 is 0 Å². The van der Waals surface area contributed by atoms with E-state index < -0.39 is 11.5 Å².